The third kappa shape index (κ3) is 2.18. The number of benzene rings is 2. The van der Waals surface area contributed by atoms with Gasteiger partial charge in [-0.3, -0.25) is 4.79 Å². The van der Waals surface area contributed by atoms with Crippen molar-refractivity contribution in [2.24, 2.45) is 0 Å². The van der Waals surface area contributed by atoms with Crippen LogP contribution >= 0.6 is 0 Å². The van der Waals surface area contributed by atoms with Crippen molar-refractivity contribution in [1.82, 2.24) is 0 Å². The first-order chi connectivity index (χ1) is 9.24. The molecule has 1 aliphatic heterocycles. The zero-order chi connectivity index (χ0) is 13.2. The number of phenolic OH excluding ortho intramolecular Hbond substituents is 1. The summed E-state index contributed by atoms with van der Waals surface area (Å²) in [7, 11) is 0. The minimum absolute atomic E-state index is 0.0246. The minimum Gasteiger partial charge on any atom is -0.506 e. The number of amides is 1. The fourth-order valence-electron chi connectivity index (χ4n) is 1.81. The zero-order valence-electron chi connectivity index (χ0n) is 9.92. The van der Waals surface area contributed by atoms with E-state index in [4.69, 9.17) is 9.47 Å². The van der Waals surface area contributed by atoms with E-state index in [0.717, 1.165) is 0 Å². The van der Waals surface area contributed by atoms with Crippen molar-refractivity contribution >= 4 is 11.6 Å². The van der Waals surface area contributed by atoms with E-state index >= 15 is 0 Å². The molecule has 2 N–H and O–H groups in total. The quantitative estimate of drug-likeness (QED) is 0.810. The third-order valence-electron chi connectivity index (χ3n) is 2.79. The van der Waals surface area contributed by atoms with E-state index in [1.807, 2.05) is 0 Å². The standard InChI is InChI=1S/C14H11NO4/c16-11-4-2-1-3-10(11)15-14(17)9-5-6-12-13(7-9)19-8-18-12/h1-7,16H,8H2,(H,15,17). The van der Waals surface area contributed by atoms with Gasteiger partial charge in [-0.2, -0.15) is 0 Å². The van der Waals surface area contributed by atoms with Crippen LogP contribution < -0.4 is 14.8 Å². The lowest BCUT2D eigenvalue weighted by Crippen LogP contribution is -2.11. The second-order valence-electron chi connectivity index (χ2n) is 4.04. The summed E-state index contributed by atoms with van der Waals surface area (Å²) < 4.78 is 10.4. The molecule has 1 amide bonds. The van der Waals surface area contributed by atoms with Gasteiger partial charge in [0.25, 0.3) is 5.91 Å². The van der Waals surface area contributed by atoms with E-state index in [1.165, 1.54) is 6.07 Å². The van der Waals surface area contributed by atoms with Gasteiger partial charge in [-0.1, -0.05) is 12.1 Å². The van der Waals surface area contributed by atoms with Crippen molar-refractivity contribution in [2.75, 3.05) is 12.1 Å². The normalized spacial score (nSPS) is 12.2. The van der Waals surface area contributed by atoms with Crippen molar-refractivity contribution in [1.29, 1.82) is 0 Å². The first-order valence-corrected chi connectivity index (χ1v) is 5.73. The molecular weight excluding hydrogens is 246 g/mol. The van der Waals surface area contributed by atoms with Gasteiger partial charge in [-0.15, -0.1) is 0 Å². The summed E-state index contributed by atoms with van der Waals surface area (Å²) in [6.07, 6.45) is 0. The highest BCUT2D eigenvalue weighted by Gasteiger charge is 2.16. The Morgan fingerprint density at radius 3 is 2.74 bits per heavy atom. The van der Waals surface area contributed by atoms with Gasteiger partial charge in [0.05, 0.1) is 5.69 Å². The van der Waals surface area contributed by atoms with Crippen LogP contribution in [0.15, 0.2) is 42.5 Å². The number of phenols is 1. The van der Waals surface area contributed by atoms with Gasteiger partial charge in [0, 0.05) is 5.56 Å². The number of hydrogen-bond donors (Lipinski definition) is 2. The molecule has 1 heterocycles. The third-order valence-corrected chi connectivity index (χ3v) is 2.79. The molecule has 5 nitrogen and oxygen atoms in total. The number of anilines is 1. The van der Waals surface area contributed by atoms with E-state index < -0.39 is 0 Å². The number of carbonyl (C=O) groups is 1. The van der Waals surface area contributed by atoms with E-state index in [0.29, 0.717) is 22.7 Å². The summed E-state index contributed by atoms with van der Waals surface area (Å²) in [5.74, 6) is 0.875. The largest absolute Gasteiger partial charge is 0.506 e. The Morgan fingerprint density at radius 2 is 1.89 bits per heavy atom. The second-order valence-corrected chi connectivity index (χ2v) is 4.04. The maximum Gasteiger partial charge on any atom is 0.255 e. The minimum atomic E-state index is -0.320. The lowest BCUT2D eigenvalue weighted by atomic mass is 10.2. The van der Waals surface area contributed by atoms with Crippen LogP contribution in [0.4, 0.5) is 5.69 Å². The van der Waals surface area contributed by atoms with Crippen molar-refractivity contribution in [3.8, 4) is 17.2 Å². The Kier molecular flexibility index (Phi) is 2.72. The molecule has 2 aromatic carbocycles. The zero-order valence-corrected chi connectivity index (χ0v) is 9.92. The first-order valence-electron chi connectivity index (χ1n) is 5.73. The van der Waals surface area contributed by atoms with Crippen LogP contribution in [0, 0.1) is 0 Å². The molecule has 0 aliphatic carbocycles. The van der Waals surface area contributed by atoms with E-state index in [-0.39, 0.29) is 18.4 Å². The van der Waals surface area contributed by atoms with Crippen LogP contribution in [-0.2, 0) is 0 Å². The van der Waals surface area contributed by atoms with Crippen molar-refractivity contribution in [3.05, 3.63) is 48.0 Å². The Bertz CT molecular complexity index is 639. The maximum absolute atomic E-state index is 12.0. The molecule has 0 spiro atoms. The highest BCUT2D eigenvalue weighted by molar-refractivity contribution is 6.05. The molecule has 2 aromatic rings. The lowest BCUT2D eigenvalue weighted by Gasteiger charge is -2.07. The van der Waals surface area contributed by atoms with Gasteiger partial charge in [0.15, 0.2) is 11.5 Å². The SMILES string of the molecule is O=C(Nc1ccccc1O)c1ccc2c(c1)OCO2. The number of aromatic hydroxyl groups is 1. The van der Waals surface area contributed by atoms with Crippen molar-refractivity contribution < 1.29 is 19.4 Å². The van der Waals surface area contributed by atoms with Crippen molar-refractivity contribution in [3.63, 3.8) is 0 Å². The van der Waals surface area contributed by atoms with E-state index in [9.17, 15) is 9.90 Å². The number of nitrogens with one attached hydrogen (secondary N) is 1. The fraction of sp³-hybridized carbons (Fsp3) is 0.0714. The van der Waals surface area contributed by atoms with Gasteiger partial charge < -0.3 is 19.9 Å². The summed E-state index contributed by atoms with van der Waals surface area (Å²) in [5, 5.41) is 12.2. The molecule has 96 valence electrons. The van der Waals surface area contributed by atoms with Gasteiger partial charge in [-0.05, 0) is 30.3 Å². The Balaban J connectivity index is 1.83. The molecule has 0 atom stereocenters. The average Bonchev–Trinajstić information content (AvgIpc) is 2.88. The maximum atomic E-state index is 12.0. The van der Waals surface area contributed by atoms with Crippen LogP contribution in [0.25, 0.3) is 0 Å². The van der Waals surface area contributed by atoms with E-state index in [1.54, 1.807) is 36.4 Å². The second kappa shape index (κ2) is 4.53. The van der Waals surface area contributed by atoms with Gasteiger partial charge >= 0.3 is 0 Å². The summed E-state index contributed by atoms with van der Waals surface area (Å²) in [6, 6.07) is 11.5. The number of rotatable bonds is 2. The van der Waals surface area contributed by atoms with Crippen LogP contribution in [0.2, 0.25) is 0 Å². The van der Waals surface area contributed by atoms with Crippen molar-refractivity contribution in [2.45, 2.75) is 0 Å². The first kappa shape index (κ1) is 11.4. The molecular formula is C14H11NO4. The monoisotopic (exact) mass is 257 g/mol. The molecule has 0 saturated carbocycles. The number of para-hydroxylation sites is 2. The molecule has 0 radical (unpaired) electrons. The molecule has 0 bridgehead atoms. The Morgan fingerprint density at radius 1 is 1.11 bits per heavy atom. The molecule has 0 saturated heterocycles. The van der Waals surface area contributed by atoms with Gasteiger partial charge in [0.2, 0.25) is 6.79 Å². The van der Waals surface area contributed by atoms with Gasteiger partial charge in [-0.25, -0.2) is 0 Å². The van der Waals surface area contributed by atoms with Gasteiger partial charge in [0.1, 0.15) is 5.75 Å². The number of carbonyl (C=O) groups excluding carboxylic acids is 1. The topological polar surface area (TPSA) is 67.8 Å². The lowest BCUT2D eigenvalue weighted by molar-refractivity contribution is 0.102. The highest BCUT2D eigenvalue weighted by atomic mass is 16.7. The predicted molar refractivity (Wildman–Crippen MR) is 68.6 cm³/mol. The average molecular weight is 257 g/mol. The fourth-order valence-corrected chi connectivity index (χ4v) is 1.81. The summed E-state index contributed by atoms with van der Waals surface area (Å²) in [6.45, 7) is 0.167. The molecule has 0 fully saturated rings. The molecule has 5 heteroatoms. The highest BCUT2D eigenvalue weighted by Crippen LogP contribution is 2.33. The molecule has 0 unspecified atom stereocenters. The molecule has 3 rings (SSSR count). The summed E-state index contributed by atoms with van der Waals surface area (Å²) in [4.78, 5) is 12.0. The Labute approximate surface area is 109 Å². The van der Waals surface area contributed by atoms with Crippen LogP contribution in [-0.4, -0.2) is 17.8 Å². The number of fused-ring (bicyclic) bond motifs is 1. The summed E-state index contributed by atoms with van der Waals surface area (Å²) in [5.41, 5.74) is 0.803. The number of ether oxygens (including phenoxy) is 2. The smallest absolute Gasteiger partial charge is 0.255 e. The number of hydrogen-bond acceptors (Lipinski definition) is 4. The Hall–Kier alpha value is -2.69. The predicted octanol–water partition coefficient (Wildman–Crippen LogP) is 2.37. The van der Waals surface area contributed by atoms with Crippen LogP contribution in [0.5, 0.6) is 17.2 Å². The van der Waals surface area contributed by atoms with Crippen LogP contribution in [0.3, 0.4) is 0 Å². The van der Waals surface area contributed by atoms with E-state index in [2.05, 4.69) is 5.32 Å². The summed E-state index contributed by atoms with van der Waals surface area (Å²) >= 11 is 0. The molecule has 1 aliphatic rings. The van der Waals surface area contributed by atoms with Crippen LogP contribution in [0.1, 0.15) is 10.4 Å². The molecule has 0 aromatic heterocycles. The molecule has 19 heavy (non-hydrogen) atoms.